The number of ether oxygens (including phenoxy) is 1. The number of carbonyl (C=O) groups is 3. The summed E-state index contributed by atoms with van der Waals surface area (Å²) in [5, 5.41) is 2.91. The molecule has 0 saturated heterocycles. The Kier molecular flexibility index (Phi) is 7.38. The average Bonchev–Trinajstić information content (AvgIpc) is 2.64. The number of benzene rings is 1. The van der Waals surface area contributed by atoms with E-state index >= 15 is 0 Å². The predicted molar refractivity (Wildman–Crippen MR) is 98.8 cm³/mol. The summed E-state index contributed by atoms with van der Waals surface area (Å²) in [6.07, 6.45) is 6.68. The number of hydrogen-bond donors (Lipinski definition) is 1. The zero-order valence-electron chi connectivity index (χ0n) is 15.4. The molecule has 0 fully saturated rings. The molecule has 1 atom stereocenters. The molecule has 1 heterocycles. The van der Waals surface area contributed by atoms with Crippen molar-refractivity contribution in [2.24, 2.45) is 0 Å². The van der Waals surface area contributed by atoms with Crippen LogP contribution in [0.25, 0.3) is 6.08 Å². The Morgan fingerprint density at radius 2 is 1.92 bits per heavy atom. The number of methoxy groups -OCH3 is 1. The largest absolute Gasteiger partial charge is 0.469 e. The van der Waals surface area contributed by atoms with E-state index in [0.29, 0.717) is 13.0 Å². The van der Waals surface area contributed by atoms with Crippen LogP contribution in [-0.2, 0) is 19.1 Å². The van der Waals surface area contributed by atoms with E-state index in [1.54, 1.807) is 11.1 Å². The van der Waals surface area contributed by atoms with E-state index in [0.717, 1.165) is 30.4 Å². The van der Waals surface area contributed by atoms with Gasteiger partial charge in [-0.25, -0.2) is 0 Å². The summed E-state index contributed by atoms with van der Waals surface area (Å²) in [6.45, 7) is 2.06. The number of rotatable bonds is 8. The van der Waals surface area contributed by atoms with Gasteiger partial charge in [0.25, 0.3) is 0 Å². The third-order valence-electron chi connectivity index (χ3n) is 4.46. The highest BCUT2D eigenvalue weighted by Gasteiger charge is 2.27. The van der Waals surface area contributed by atoms with Crippen LogP contribution in [0.5, 0.6) is 0 Å². The highest BCUT2D eigenvalue weighted by molar-refractivity contribution is 5.81. The van der Waals surface area contributed by atoms with E-state index in [2.05, 4.69) is 10.1 Å². The van der Waals surface area contributed by atoms with Crippen molar-refractivity contribution in [1.29, 1.82) is 0 Å². The lowest BCUT2D eigenvalue weighted by molar-refractivity contribution is -0.140. The first-order valence-corrected chi connectivity index (χ1v) is 8.92. The highest BCUT2D eigenvalue weighted by Crippen LogP contribution is 2.32. The van der Waals surface area contributed by atoms with Crippen LogP contribution in [0.15, 0.2) is 30.5 Å². The molecule has 1 aliphatic heterocycles. The predicted octanol–water partition coefficient (Wildman–Crippen LogP) is 2.80. The fourth-order valence-electron chi connectivity index (χ4n) is 3.06. The van der Waals surface area contributed by atoms with Crippen LogP contribution in [0.2, 0.25) is 0 Å². The second-order valence-electron chi connectivity index (χ2n) is 6.33. The van der Waals surface area contributed by atoms with Gasteiger partial charge in [-0.1, -0.05) is 30.7 Å². The maximum absolute atomic E-state index is 12.3. The summed E-state index contributed by atoms with van der Waals surface area (Å²) >= 11 is 0. The minimum Gasteiger partial charge on any atom is -0.469 e. The Hall–Kier alpha value is -2.63. The third-order valence-corrected chi connectivity index (χ3v) is 4.46. The minimum atomic E-state index is -0.284. The number of amides is 2. The molecule has 1 aromatic rings. The molecular formula is C20H26N2O4. The quantitative estimate of drug-likeness (QED) is 0.573. The molecule has 0 radical (unpaired) electrons. The lowest BCUT2D eigenvalue weighted by Gasteiger charge is -2.32. The summed E-state index contributed by atoms with van der Waals surface area (Å²) in [4.78, 5) is 36.9. The van der Waals surface area contributed by atoms with Gasteiger partial charge < -0.3 is 15.0 Å². The van der Waals surface area contributed by atoms with Crippen LogP contribution >= 0.6 is 0 Å². The van der Waals surface area contributed by atoms with Crippen LogP contribution in [-0.4, -0.2) is 36.3 Å². The summed E-state index contributed by atoms with van der Waals surface area (Å²) in [7, 11) is 1.38. The molecule has 2 rings (SSSR count). The maximum Gasteiger partial charge on any atom is 0.305 e. The first-order chi connectivity index (χ1) is 12.5. The van der Waals surface area contributed by atoms with Crippen LogP contribution in [0, 0.1) is 0 Å². The molecule has 1 N–H and O–H groups in total. The van der Waals surface area contributed by atoms with E-state index in [9.17, 15) is 14.4 Å². The number of nitrogens with one attached hydrogen (secondary N) is 1. The fourth-order valence-corrected chi connectivity index (χ4v) is 3.06. The van der Waals surface area contributed by atoms with Crippen LogP contribution in [0.1, 0.15) is 56.2 Å². The van der Waals surface area contributed by atoms with Gasteiger partial charge in [-0.3, -0.25) is 14.4 Å². The number of nitrogens with zero attached hydrogens (tertiary/aromatic N) is 1. The molecule has 0 spiro atoms. The smallest absolute Gasteiger partial charge is 0.305 e. The van der Waals surface area contributed by atoms with Crippen LogP contribution in [0.4, 0.5) is 0 Å². The summed E-state index contributed by atoms with van der Waals surface area (Å²) in [6, 6.07) is 7.52. The number of fused-ring (bicyclic) bond motifs is 1. The van der Waals surface area contributed by atoms with E-state index in [-0.39, 0.29) is 30.2 Å². The normalized spacial score (nSPS) is 15.3. The average molecular weight is 358 g/mol. The third kappa shape index (κ3) is 5.44. The Labute approximate surface area is 154 Å². The molecule has 140 valence electrons. The lowest BCUT2D eigenvalue weighted by Crippen LogP contribution is -2.35. The molecule has 0 saturated carbocycles. The fraction of sp³-hybridized carbons (Fsp3) is 0.450. The summed E-state index contributed by atoms with van der Waals surface area (Å²) in [5.74, 6) is -0.377. The second kappa shape index (κ2) is 9.75. The number of unbranched alkanes of at least 4 members (excludes halogenated alkanes) is 2. The van der Waals surface area contributed by atoms with Gasteiger partial charge in [0.2, 0.25) is 11.8 Å². The van der Waals surface area contributed by atoms with Gasteiger partial charge in [-0.2, -0.15) is 0 Å². The van der Waals surface area contributed by atoms with Gasteiger partial charge in [0.05, 0.1) is 19.6 Å². The van der Waals surface area contributed by atoms with E-state index < -0.39 is 0 Å². The van der Waals surface area contributed by atoms with Gasteiger partial charge in [-0.05, 0) is 30.0 Å². The number of carbonyl (C=O) groups excluding carboxylic acids is 3. The van der Waals surface area contributed by atoms with Gasteiger partial charge >= 0.3 is 5.97 Å². The van der Waals surface area contributed by atoms with Crippen LogP contribution in [0.3, 0.4) is 0 Å². The van der Waals surface area contributed by atoms with E-state index in [1.165, 1.54) is 14.0 Å². The van der Waals surface area contributed by atoms with Gasteiger partial charge in [-0.15, -0.1) is 0 Å². The first kappa shape index (κ1) is 19.7. The van der Waals surface area contributed by atoms with Crippen molar-refractivity contribution in [3.05, 3.63) is 41.6 Å². The standard InChI is InChI=1S/C20H26N2O4/c1-15(23)22-13-11-16-8-5-6-9-17(16)18(22)14-19(24)21-12-7-3-4-10-20(25)26-2/h5-6,8-9,11,13,18H,3-4,7,10,12,14H2,1-2H3,(H,21,24). The monoisotopic (exact) mass is 358 g/mol. The van der Waals surface area contributed by atoms with Crippen molar-refractivity contribution in [3.8, 4) is 0 Å². The zero-order valence-corrected chi connectivity index (χ0v) is 15.4. The second-order valence-corrected chi connectivity index (χ2v) is 6.33. The molecule has 0 aromatic heterocycles. The Morgan fingerprint density at radius 3 is 2.65 bits per heavy atom. The SMILES string of the molecule is COC(=O)CCCCCNC(=O)CC1c2ccccc2C=CN1C(C)=O. The summed E-state index contributed by atoms with van der Waals surface area (Å²) in [5.41, 5.74) is 2.02. The molecule has 0 aliphatic carbocycles. The van der Waals surface area contributed by atoms with Crippen LogP contribution < -0.4 is 5.32 Å². The van der Waals surface area contributed by atoms with E-state index in [4.69, 9.17) is 0 Å². The van der Waals surface area contributed by atoms with E-state index in [1.807, 2.05) is 30.3 Å². The molecular weight excluding hydrogens is 332 g/mol. The Balaban J connectivity index is 1.83. The van der Waals surface area contributed by atoms with Crippen molar-refractivity contribution in [3.63, 3.8) is 0 Å². The zero-order chi connectivity index (χ0) is 18.9. The lowest BCUT2D eigenvalue weighted by atomic mass is 9.93. The minimum absolute atomic E-state index is 0.0840. The molecule has 1 unspecified atom stereocenters. The number of hydrogen-bond acceptors (Lipinski definition) is 4. The molecule has 0 bridgehead atoms. The Morgan fingerprint density at radius 1 is 1.15 bits per heavy atom. The van der Waals surface area contributed by atoms with Crippen molar-refractivity contribution >= 4 is 23.9 Å². The molecule has 2 amide bonds. The molecule has 6 nitrogen and oxygen atoms in total. The molecule has 6 heteroatoms. The maximum atomic E-state index is 12.3. The van der Waals surface area contributed by atoms with Crippen molar-refractivity contribution < 1.29 is 19.1 Å². The van der Waals surface area contributed by atoms with Crippen molar-refractivity contribution in [1.82, 2.24) is 10.2 Å². The molecule has 1 aliphatic rings. The highest BCUT2D eigenvalue weighted by atomic mass is 16.5. The number of esters is 1. The van der Waals surface area contributed by atoms with Gasteiger partial charge in [0.1, 0.15) is 0 Å². The topological polar surface area (TPSA) is 75.7 Å². The summed E-state index contributed by atoms with van der Waals surface area (Å²) < 4.78 is 4.59. The molecule has 26 heavy (non-hydrogen) atoms. The van der Waals surface area contributed by atoms with Crippen molar-refractivity contribution in [2.75, 3.05) is 13.7 Å². The first-order valence-electron chi connectivity index (χ1n) is 8.92. The van der Waals surface area contributed by atoms with Gasteiger partial charge in [0.15, 0.2) is 0 Å². The van der Waals surface area contributed by atoms with Gasteiger partial charge in [0, 0.05) is 26.1 Å². The van der Waals surface area contributed by atoms with Crippen molar-refractivity contribution in [2.45, 2.75) is 45.1 Å². The molecule has 1 aromatic carbocycles. The Bertz CT molecular complexity index is 684.